The van der Waals surface area contributed by atoms with Gasteiger partial charge in [-0.2, -0.15) is 26.3 Å². The topological polar surface area (TPSA) is 120 Å². The molecule has 2 fully saturated rings. The Balaban J connectivity index is 1.34. The van der Waals surface area contributed by atoms with Crippen molar-refractivity contribution < 1.29 is 60.2 Å². The molecule has 0 unspecified atom stereocenters. The molecule has 1 aromatic heterocycles. The zero-order valence-corrected chi connectivity index (χ0v) is 25.9. The average Bonchev–Trinajstić information content (AvgIpc) is 3.32. The number of hydrogen-bond acceptors (Lipinski definition) is 7. The number of aromatic nitrogens is 1. The average molecular weight is 704 g/mol. The maximum absolute atomic E-state index is 14.1. The number of pyridine rings is 1. The second-order valence-electron chi connectivity index (χ2n) is 12.4. The maximum Gasteiger partial charge on any atom is 0.455 e. The van der Waals surface area contributed by atoms with Gasteiger partial charge in [0.2, 0.25) is 11.8 Å². The molecule has 0 saturated carbocycles. The summed E-state index contributed by atoms with van der Waals surface area (Å²) in [7, 11) is -1.47. The van der Waals surface area contributed by atoms with Crippen molar-refractivity contribution in [3.8, 4) is 5.75 Å². The summed E-state index contributed by atoms with van der Waals surface area (Å²) in [5.41, 5.74) is -2.04. The van der Waals surface area contributed by atoms with Crippen molar-refractivity contribution in [1.29, 1.82) is 0 Å². The van der Waals surface area contributed by atoms with E-state index < -0.39 is 90.1 Å². The molecule has 262 valence electrons. The second-order valence-corrected chi connectivity index (χ2v) is 12.4. The molecule has 3 aliphatic rings. The molecule has 8 nitrogen and oxygen atoms in total. The van der Waals surface area contributed by atoms with E-state index in [1.807, 2.05) is 0 Å². The lowest BCUT2D eigenvalue weighted by molar-refractivity contribution is -0.143. The van der Waals surface area contributed by atoms with E-state index in [1.54, 1.807) is 30.5 Å². The minimum atomic E-state index is -5.22. The lowest BCUT2D eigenvalue weighted by Gasteiger charge is -2.42. The molecule has 0 radical (unpaired) electrons. The van der Waals surface area contributed by atoms with Crippen LogP contribution in [0.25, 0.3) is 11.6 Å². The Kier molecular flexibility index (Phi) is 9.39. The zero-order chi connectivity index (χ0) is 36.1. The first kappa shape index (κ1) is 35.3. The summed E-state index contributed by atoms with van der Waals surface area (Å²) in [6.45, 7) is -0.593. The molecule has 2 aliphatic heterocycles. The third-order valence-corrected chi connectivity index (χ3v) is 9.31. The van der Waals surface area contributed by atoms with Crippen LogP contribution >= 0.6 is 0 Å². The molecule has 2 amide bonds. The van der Waals surface area contributed by atoms with E-state index >= 15 is 0 Å². The molecule has 2 saturated heterocycles. The molecule has 2 aromatic carbocycles. The molecule has 3 heterocycles. The van der Waals surface area contributed by atoms with Gasteiger partial charge < -0.3 is 19.9 Å². The van der Waals surface area contributed by atoms with Gasteiger partial charge in [0.25, 0.3) is 0 Å². The number of rotatable bonds is 7. The fourth-order valence-electron chi connectivity index (χ4n) is 7.16. The van der Waals surface area contributed by atoms with E-state index in [2.05, 4.69) is 4.98 Å². The SMILES string of the molecule is O=C1[C@@H]2[C@@H](CC(CO)=C3[C@@H](CC/C(=C/c4ccc(O)c(F)c4)c4ccccn4)OB(O)C[C@@H]32)C(=O)N1c1cc(C(F)(F)F)cc(C(F)(F)F)c1. The van der Waals surface area contributed by atoms with E-state index in [0.717, 1.165) is 6.07 Å². The minimum Gasteiger partial charge on any atom is -0.505 e. The third kappa shape index (κ3) is 6.79. The molecular formula is C34H28BF7N2O6. The molecule has 4 atom stereocenters. The van der Waals surface area contributed by atoms with Crippen molar-refractivity contribution in [2.24, 2.45) is 17.8 Å². The normalized spacial score (nSPS) is 23.0. The molecule has 6 rings (SSSR count). The number of amides is 2. The van der Waals surface area contributed by atoms with Crippen molar-refractivity contribution in [2.75, 3.05) is 11.5 Å². The van der Waals surface area contributed by atoms with Gasteiger partial charge in [-0.15, -0.1) is 0 Å². The molecule has 0 bridgehead atoms. The van der Waals surface area contributed by atoms with Crippen molar-refractivity contribution in [3.63, 3.8) is 0 Å². The first-order valence-corrected chi connectivity index (χ1v) is 15.5. The quantitative estimate of drug-likeness (QED) is 0.115. The van der Waals surface area contributed by atoms with E-state index in [4.69, 9.17) is 4.65 Å². The first-order valence-electron chi connectivity index (χ1n) is 15.5. The van der Waals surface area contributed by atoms with Crippen molar-refractivity contribution in [3.05, 3.63) is 100 Å². The Bertz CT molecular complexity index is 1850. The van der Waals surface area contributed by atoms with Crippen LogP contribution in [0, 0.1) is 23.6 Å². The van der Waals surface area contributed by atoms with Crippen LogP contribution in [0.1, 0.15) is 41.6 Å². The number of anilines is 1. The highest BCUT2D eigenvalue weighted by atomic mass is 19.4. The summed E-state index contributed by atoms with van der Waals surface area (Å²) < 4.78 is 102. The van der Waals surface area contributed by atoms with Gasteiger partial charge in [0, 0.05) is 6.20 Å². The Morgan fingerprint density at radius 3 is 2.28 bits per heavy atom. The third-order valence-electron chi connectivity index (χ3n) is 9.31. The number of alkyl halides is 6. The largest absolute Gasteiger partial charge is 0.505 e. The van der Waals surface area contributed by atoms with Gasteiger partial charge in [0.05, 0.1) is 47.1 Å². The van der Waals surface area contributed by atoms with Crippen LogP contribution in [-0.2, 0) is 26.6 Å². The number of phenolic OH excluding ortho intramolecular Hbond substituents is 1. The molecule has 1 aliphatic carbocycles. The number of nitrogens with zero attached hydrogens (tertiary/aromatic N) is 2. The monoisotopic (exact) mass is 704 g/mol. The molecule has 50 heavy (non-hydrogen) atoms. The minimum absolute atomic E-state index is 0.101. The number of aromatic hydroxyl groups is 1. The van der Waals surface area contributed by atoms with Gasteiger partial charge in [-0.25, -0.2) is 9.29 Å². The van der Waals surface area contributed by atoms with E-state index in [1.165, 1.54) is 12.1 Å². The lowest BCUT2D eigenvalue weighted by atomic mass is 9.58. The van der Waals surface area contributed by atoms with Crippen LogP contribution in [0.4, 0.5) is 36.4 Å². The first-order chi connectivity index (χ1) is 23.6. The number of aliphatic hydroxyl groups excluding tert-OH is 1. The number of fused-ring (bicyclic) bond motifs is 3. The molecule has 3 aromatic rings. The molecule has 3 N–H and O–H groups in total. The Morgan fingerprint density at radius 1 is 0.980 bits per heavy atom. The van der Waals surface area contributed by atoms with E-state index in [0.29, 0.717) is 45.0 Å². The zero-order valence-electron chi connectivity index (χ0n) is 25.9. The van der Waals surface area contributed by atoms with Gasteiger partial charge in [-0.3, -0.25) is 14.6 Å². The van der Waals surface area contributed by atoms with E-state index in [9.17, 15) is 55.6 Å². The van der Waals surface area contributed by atoms with Crippen LogP contribution in [0.15, 0.2) is 71.9 Å². The summed E-state index contributed by atoms with van der Waals surface area (Å²) in [6, 6.07) is 9.46. The highest BCUT2D eigenvalue weighted by molar-refractivity contribution is 6.43. The summed E-state index contributed by atoms with van der Waals surface area (Å²) in [6.07, 6.45) is -8.31. The summed E-state index contributed by atoms with van der Waals surface area (Å²) in [4.78, 5) is 32.3. The second kappa shape index (κ2) is 13.3. The van der Waals surface area contributed by atoms with Gasteiger partial charge in [0.1, 0.15) is 0 Å². The molecule has 0 spiro atoms. The fraction of sp³-hybridized carbons (Fsp3) is 0.324. The predicted octanol–water partition coefficient (Wildman–Crippen LogP) is 6.28. The molecular weight excluding hydrogens is 676 g/mol. The molecule has 16 heteroatoms. The van der Waals surface area contributed by atoms with Crippen LogP contribution < -0.4 is 4.90 Å². The number of hydrogen-bond donors (Lipinski definition) is 3. The van der Waals surface area contributed by atoms with Crippen LogP contribution in [-0.4, -0.2) is 51.9 Å². The van der Waals surface area contributed by atoms with Crippen molar-refractivity contribution in [1.82, 2.24) is 4.98 Å². The van der Waals surface area contributed by atoms with Gasteiger partial charge >= 0.3 is 19.5 Å². The summed E-state index contributed by atoms with van der Waals surface area (Å²) in [5, 5.41) is 30.8. The number of carbonyl (C=O) groups is 2. The van der Waals surface area contributed by atoms with Gasteiger partial charge in [-0.05, 0) is 102 Å². The van der Waals surface area contributed by atoms with Crippen LogP contribution in [0.3, 0.4) is 0 Å². The van der Waals surface area contributed by atoms with E-state index in [-0.39, 0.29) is 31.6 Å². The standard InChI is InChI=1S/C34H28BF7N2O6/c36-25-10-17(4-6-27(25)46)9-18(26-3-1-2-8-43-26)5-7-28-29-19(16-45)11-23-30(24(29)15-35(49)50-28)32(48)44(31(23)47)22-13-20(33(37,38)39)12-21(14-22)34(40,41)42/h1-4,6,8-10,12-14,23-24,28,30,45-46,49H,5,7,11,15-16H2/b18-9-/t23-,24+,28-,30-/m1/s1. The Morgan fingerprint density at radius 2 is 1.68 bits per heavy atom. The number of benzene rings is 2. The number of phenols is 1. The summed E-state index contributed by atoms with van der Waals surface area (Å²) >= 11 is 0. The van der Waals surface area contributed by atoms with Crippen LogP contribution in [0.2, 0.25) is 6.32 Å². The lowest BCUT2D eigenvalue weighted by Crippen LogP contribution is -2.46. The Labute approximate surface area is 280 Å². The number of carbonyl (C=O) groups excluding carboxylic acids is 2. The highest BCUT2D eigenvalue weighted by Gasteiger charge is 2.58. The Hall–Kier alpha value is -4.54. The number of imide groups is 1. The number of allylic oxidation sites excluding steroid dienone is 1. The smallest absolute Gasteiger partial charge is 0.455 e. The van der Waals surface area contributed by atoms with Gasteiger partial charge in [-0.1, -0.05) is 12.1 Å². The van der Waals surface area contributed by atoms with Crippen molar-refractivity contribution in [2.45, 2.75) is 44.0 Å². The predicted molar refractivity (Wildman–Crippen MR) is 165 cm³/mol. The number of aliphatic hydroxyl groups is 1. The highest BCUT2D eigenvalue weighted by Crippen LogP contribution is 2.52. The van der Waals surface area contributed by atoms with Crippen molar-refractivity contribution >= 4 is 36.3 Å². The van der Waals surface area contributed by atoms with Gasteiger partial charge in [0.15, 0.2) is 11.6 Å². The fourth-order valence-corrected chi connectivity index (χ4v) is 7.16. The van der Waals surface area contributed by atoms with Crippen LogP contribution in [0.5, 0.6) is 5.75 Å². The maximum atomic E-state index is 14.1. The number of halogens is 7. The summed E-state index contributed by atoms with van der Waals surface area (Å²) in [5.74, 6) is -6.85.